The average molecular weight is 473 g/mol. The zero-order valence-corrected chi connectivity index (χ0v) is 15.5. The maximum Gasteiger partial charge on any atom is 0.326 e. The number of carbonyl (C=O) groups excluding carboxylic acids is 1. The lowest BCUT2D eigenvalue weighted by molar-refractivity contribution is -0.140. The first-order valence-corrected chi connectivity index (χ1v) is 8.05. The fraction of sp³-hybridized carbons (Fsp3) is 0.333. The number of hydrogen-bond acceptors (Lipinski definition) is 2. The van der Waals surface area contributed by atoms with Crippen LogP contribution in [0, 0.1) is 5.92 Å². The van der Waals surface area contributed by atoms with Crippen molar-refractivity contribution in [1.82, 2.24) is 5.32 Å². The Morgan fingerprint density at radius 2 is 1.65 bits per heavy atom. The molecular weight excluding hydrogens is 460 g/mol. The maximum atomic E-state index is 11.9. The van der Waals surface area contributed by atoms with Gasteiger partial charge in [-0.3, -0.25) is 0 Å². The van der Waals surface area contributed by atoms with Gasteiger partial charge in [0.1, 0.15) is 6.04 Å². The minimum absolute atomic E-state index is 0.213. The fourth-order valence-corrected chi connectivity index (χ4v) is 3.92. The number of halogens is 3. The Hall–Kier alpha value is -0.600. The lowest BCUT2D eigenvalue weighted by Crippen LogP contribution is -2.46. The second kappa shape index (κ2) is 7.42. The number of hydrogen-bond donors (Lipinski definition) is 3. The molecule has 0 bridgehead atoms. The van der Waals surface area contributed by atoms with Gasteiger partial charge in [-0.1, -0.05) is 29.8 Å². The number of urea groups is 1. The van der Waals surface area contributed by atoms with E-state index in [2.05, 4.69) is 58.4 Å². The van der Waals surface area contributed by atoms with Crippen molar-refractivity contribution >= 4 is 65.5 Å². The molecule has 20 heavy (non-hydrogen) atoms. The summed E-state index contributed by atoms with van der Waals surface area (Å²) in [6.45, 7) is 3.45. The number of nitrogens with one attached hydrogen (secondary N) is 2. The standard InChI is InChI=1S/C12H13Br3N2O3/c1-5(2)9(11(18)19)16-12(20)17-10-7(14)3-6(13)4-8(10)15/h3-5,9H,1-2H3,(H,18,19)(H2,16,17,20)/t9-/m0/s1. The van der Waals surface area contributed by atoms with Crippen LogP contribution in [-0.4, -0.2) is 23.1 Å². The van der Waals surface area contributed by atoms with Gasteiger partial charge in [-0.25, -0.2) is 9.59 Å². The van der Waals surface area contributed by atoms with Gasteiger partial charge < -0.3 is 15.7 Å². The Bertz CT molecular complexity index is 512. The smallest absolute Gasteiger partial charge is 0.326 e. The van der Waals surface area contributed by atoms with Crippen LogP contribution in [0.15, 0.2) is 25.6 Å². The highest BCUT2D eigenvalue weighted by Crippen LogP contribution is 2.34. The third-order valence-electron chi connectivity index (χ3n) is 2.46. The number of carboxylic acid groups (broad SMARTS) is 1. The third kappa shape index (κ3) is 4.75. The van der Waals surface area contributed by atoms with E-state index in [1.165, 1.54) is 0 Å². The first-order chi connectivity index (χ1) is 9.22. The van der Waals surface area contributed by atoms with E-state index < -0.39 is 18.0 Å². The highest BCUT2D eigenvalue weighted by Gasteiger charge is 2.23. The molecule has 0 aliphatic carbocycles. The van der Waals surface area contributed by atoms with Crippen LogP contribution in [0.1, 0.15) is 13.8 Å². The summed E-state index contributed by atoms with van der Waals surface area (Å²) < 4.78 is 2.18. The molecule has 2 amide bonds. The van der Waals surface area contributed by atoms with E-state index in [9.17, 15) is 9.59 Å². The number of anilines is 1. The lowest BCUT2D eigenvalue weighted by Gasteiger charge is -2.19. The van der Waals surface area contributed by atoms with Gasteiger partial charge in [-0.05, 0) is 49.9 Å². The number of rotatable bonds is 4. The number of aliphatic carboxylic acids is 1. The summed E-state index contributed by atoms with van der Waals surface area (Å²) in [6.07, 6.45) is 0. The number of amides is 2. The molecular formula is C12H13Br3N2O3. The van der Waals surface area contributed by atoms with E-state index in [1.54, 1.807) is 26.0 Å². The maximum absolute atomic E-state index is 11.9. The zero-order valence-electron chi connectivity index (χ0n) is 10.7. The van der Waals surface area contributed by atoms with Gasteiger partial charge in [-0.15, -0.1) is 0 Å². The second-order valence-electron chi connectivity index (χ2n) is 4.40. The summed E-state index contributed by atoms with van der Waals surface area (Å²) in [5.41, 5.74) is 0.526. The van der Waals surface area contributed by atoms with Crippen LogP contribution in [0.3, 0.4) is 0 Å². The van der Waals surface area contributed by atoms with E-state index >= 15 is 0 Å². The molecule has 0 unspecified atom stereocenters. The van der Waals surface area contributed by atoms with Crippen molar-refractivity contribution in [3.8, 4) is 0 Å². The summed E-state index contributed by atoms with van der Waals surface area (Å²) in [5.74, 6) is -1.28. The molecule has 0 saturated heterocycles. The molecule has 110 valence electrons. The Balaban J connectivity index is 2.84. The Morgan fingerprint density at radius 3 is 2.05 bits per heavy atom. The molecule has 1 aromatic rings. The Kier molecular flexibility index (Phi) is 6.47. The van der Waals surface area contributed by atoms with Crippen molar-refractivity contribution < 1.29 is 14.7 Å². The summed E-state index contributed by atoms with van der Waals surface area (Å²) >= 11 is 9.99. The normalized spacial score (nSPS) is 12.1. The number of benzene rings is 1. The minimum atomic E-state index is -1.07. The fourth-order valence-electron chi connectivity index (χ4n) is 1.47. The van der Waals surface area contributed by atoms with Gasteiger partial charge in [-0.2, -0.15) is 0 Å². The molecule has 1 atom stereocenters. The second-order valence-corrected chi connectivity index (χ2v) is 7.03. The topological polar surface area (TPSA) is 78.4 Å². The highest BCUT2D eigenvalue weighted by atomic mass is 79.9. The minimum Gasteiger partial charge on any atom is -0.480 e. The van der Waals surface area contributed by atoms with Crippen molar-refractivity contribution in [2.75, 3.05) is 5.32 Å². The molecule has 0 spiro atoms. The molecule has 0 aliphatic rings. The summed E-state index contributed by atoms with van der Waals surface area (Å²) in [4.78, 5) is 22.9. The van der Waals surface area contributed by atoms with E-state index in [4.69, 9.17) is 5.11 Å². The van der Waals surface area contributed by atoms with Crippen LogP contribution < -0.4 is 10.6 Å². The predicted octanol–water partition coefficient (Wildman–Crippen LogP) is 4.20. The van der Waals surface area contributed by atoms with Crippen LogP contribution in [0.25, 0.3) is 0 Å². The molecule has 1 rings (SSSR count). The van der Waals surface area contributed by atoms with Gasteiger partial charge in [0, 0.05) is 13.4 Å². The van der Waals surface area contributed by atoms with Crippen molar-refractivity contribution in [3.63, 3.8) is 0 Å². The first kappa shape index (κ1) is 17.5. The molecule has 0 radical (unpaired) electrons. The van der Waals surface area contributed by atoms with E-state index in [0.717, 1.165) is 4.47 Å². The van der Waals surface area contributed by atoms with Gasteiger partial charge in [0.25, 0.3) is 0 Å². The lowest BCUT2D eigenvalue weighted by atomic mass is 10.1. The first-order valence-electron chi connectivity index (χ1n) is 5.67. The Morgan fingerprint density at radius 1 is 1.15 bits per heavy atom. The molecule has 1 aromatic carbocycles. The zero-order chi connectivity index (χ0) is 15.4. The summed E-state index contributed by atoms with van der Waals surface area (Å²) in [6, 6.07) is 2.03. The van der Waals surface area contributed by atoms with Crippen LogP contribution in [-0.2, 0) is 4.79 Å². The molecule has 0 fully saturated rings. The van der Waals surface area contributed by atoms with E-state index in [1.807, 2.05) is 0 Å². The van der Waals surface area contributed by atoms with Crippen LogP contribution in [0.2, 0.25) is 0 Å². The van der Waals surface area contributed by atoms with Crippen LogP contribution in [0.4, 0.5) is 10.5 Å². The van der Waals surface area contributed by atoms with E-state index in [-0.39, 0.29) is 5.92 Å². The SMILES string of the molecule is CC(C)[C@H](NC(=O)Nc1c(Br)cc(Br)cc1Br)C(=O)O. The van der Waals surface area contributed by atoms with Crippen LogP contribution >= 0.6 is 47.8 Å². The largest absolute Gasteiger partial charge is 0.480 e. The molecule has 5 nitrogen and oxygen atoms in total. The quantitative estimate of drug-likeness (QED) is 0.614. The third-order valence-corrected chi connectivity index (χ3v) is 4.17. The van der Waals surface area contributed by atoms with Gasteiger partial charge in [0.05, 0.1) is 5.69 Å². The predicted molar refractivity (Wildman–Crippen MR) is 88.0 cm³/mol. The summed E-state index contributed by atoms with van der Waals surface area (Å²) in [5, 5.41) is 14.1. The van der Waals surface area contributed by atoms with Crippen molar-refractivity contribution in [2.45, 2.75) is 19.9 Å². The number of carbonyl (C=O) groups is 2. The van der Waals surface area contributed by atoms with Gasteiger partial charge >= 0.3 is 12.0 Å². The van der Waals surface area contributed by atoms with Crippen molar-refractivity contribution in [2.24, 2.45) is 5.92 Å². The molecule has 8 heteroatoms. The molecule has 3 N–H and O–H groups in total. The number of carboxylic acids is 1. The average Bonchev–Trinajstić information content (AvgIpc) is 2.29. The molecule has 0 aromatic heterocycles. The van der Waals surface area contributed by atoms with Gasteiger partial charge in [0.15, 0.2) is 0 Å². The van der Waals surface area contributed by atoms with Crippen LogP contribution in [0.5, 0.6) is 0 Å². The van der Waals surface area contributed by atoms with Gasteiger partial charge in [0.2, 0.25) is 0 Å². The Labute approximate surface area is 141 Å². The van der Waals surface area contributed by atoms with Crippen molar-refractivity contribution in [3.05, 3.63) is 25.6 Å². The van der Waals surface area contributed by atoms with Crippen molar-refractivity contribution in [1.29, 1.82) is 0 Å². The molecule has 0 saturated carbocycles. The highest BCUT2D eigenvalue weighted by molar-refractivity contribution is 9.11. The molecule has 0 aliphatic heterocycles. The summed E-state index contributed by atoms with van der Waals surface area (Å²) in [7, 11) is 0. The molecule has 0 heterocycles. The monoisotopic (exact) mass is 470 g/mol. The van der Waals surface area contributed by atoms with E-state index in [0.29, 0.717) is 14.6 Å².